The molecule has 1 aliphatic carbocycles. The van der Waals surface area contributed by atoms with Gasteiger partial charge < -0.3 is 19.3 Å². The van der Waals surface area contributed by atoms with E-state index in [-0.39, 0.29) is 12.7 Å². The molecule has 30 heavy (non-hydrogen) atoms. The van der Waals surface area contributed by atoms with Gasteiger partial charge in [-0.3, -0.25) is 0 Å². The van der Waals surface area contributed by atoms with Crippen LogP contribution in [0.15, 0.2) is 54.1 Å². The summed E-state index contributed by atoms with van der Waals surface area (Å²) in [6, 6.07) is 15.4. The highest BCUT2D eigenvalue weighted by Crippen LogP contribution is 2.48. The zero-order valence-electron chi connectivity index (χ0n) is 17.1. The minimum Gasteiger partial charge on any atom is -0.454 e. The summed E-state index contributed by atoms with van der Waals surface area (Å²) in [5.74, 6) is -0.236. The van der Waals surface area contributed by atoms with E-state index in [1.165, 1.54) is 0 Å². The molecule has 0 amide bonds. The number of ether oxygens (including phenoxy) is 3. The Kier molecular flexibility index (Phi) is 4.78. The maximum absolute atomic E-state index is 13.1. The summed E-state index contributed by atoms with van der Waals surface area (Å²) in [4.78, 5) is 13.1. The first-order valence-electron chi connectivity index (χ1n) is 10.7. The van der Waals surface area contributed by atoms with Crippen molar-refractivity contribution in [3.8, 4) is 11.5 Å². The Morgan fingerprint density at radius 2 is 1.73 bits per heavy atom. The van der Waals surface area contributed by atoms with E-state index in [1.54, 1.807) is 12.1 Å². The zero-order chi connectivity index (χ0) is 20.7. The molecule has 5 nitrogen and oxygen atoms in total. The van der Waals surface area contributed by atoms with Gasteiger partial charge in [-0.2, -0.15) is 0 Å². The Morgan fingerprint density at radius 1 is 1.00 bits per heavy atom. The van der Waals surface area contributed by atoms with Crippen LogP contribution in [0.4, 0.5) is 0 Å². The van der Waals surface area contributed by atoms with Gasteiger partial charge >= 0.3 is 5.97 Å². The molecule has 0 radical (unpaired) electrons. The third-order valence-corrected chi connectivity index (χ3v) is 6.64. The second-order valence-electron chi connectivity index (χ2n) is 8.63. The van der Waals surface area contributed by atoms with Crippen LogP contribution in [0.25, 0.3) is 5.57 Å². The average Bonchev–Trinajstić information content (AvgIpc) is 3.31. The van der Waals surface area contributed by atoms with E-state index in [9.17, 15) is 9.90 Å². The number of fused-ring (bicyclic) bond motifs is 1. The summed E-state index contributed by atoms with van der Waals surface area (Å²) in [6.45, 7) is 2.41. The van der Waals surface area contributed by atoms with E-state index in [1.807, 2.05) is 36.4 Å². The maximum atomic E-state index is 13.1. The molecule has 0 saturated heterocycles. The van der Waals surface area contributed by atoms with Crippen molar-refractivity contribution in [2.75, 3.05) is 6.79 Å². The van der Waals surface area contributed by atoms with Crippen molar-refractivity contribution in [2.24, 2.45) is 11.8 Å². The van der Waals surface area contributed by atoms with Crippen LogP contribution in [0.2, 0.25) is 0 Å². The fraction of sp³-hybridized carbons (Fsp3) is 0.400. The summed E-state index contributed by atoms with van der Waals surface area (Å²) < 4.78 is 16.7. The van der Waals surface area contributed by atoms with Gasteiger partial charge in [0.1, 0.15) is 0 Å². The molecule has 2 aromatic rings. The van der Waals surface area contributed by atoms with Gasteiger partial charge in [-0.1, -0.05) is 56.2 Å². The summed E-state index contributed by atoms with van der Waals surface area (Å²) in [6.07, 6.45) is 4.21. The molecule has 1 saturated carbocycles. The van der Waals surface area contributed by atoms with Gasteiger partial charge in [0.2, 0.25) is 12.6 Å². The summed E-state index contributed by atoms with van der Waals surface area (Å²) in [5, 5.41) is 11.8. The first-order valence-corrected chi connectivity index (χ1v) is 10.7. The van der Waals surface area contributed by atoms with Crippen LogP contribution in [0.5, 0.6) is 11.5 Å². The zero-order valence-corrected chi connectivity index (χ0v) is 17.1. The molecule has 5 heteroatoms. The highest BCUT2D eigenvalue weighted by atomic mass is 16.7. The molecule has 0 aromatic heterocycles. The number of hydrogen-bond donors (Lipinski definition) is 1. The standard InChI is InChI=1S/C25H26O5/c1-16-7-10-19(11-8-16)25(27)20(13-17-5-3-2-4-6-17)23(24(26)30-25)18-9-12-21-22(14-18)29-15-28-21/h2-6,9,12,14,16,19,27H,7-8,10-11,13,15H2,1H3. The van der Waals surface area contributed by atoms with Crippen molar-refractivity contribution in [2.45, 2.75) is 44.8 Å². The molecule has 5 rings (SSSR count). The smallest absolute Gasteiger partial charge is 0.341 e. The number of rotatable bonds is 4. The number of benzene rings is 2. The number of carbonyl (C=O) groups is 1. The van der Waals surface area contributed by atoms with E-state index in [0.29, 0.717) is 40.5 Å². The monoisotopic (exact) mass is 406 g/mol. The van der Waals surface area contributed by atoms with Gasteiger partial charge in [0.25, 0.3) is 0 Å². The molecular formula is C25H26O5. The maximum Gasteiger partial charge on any atom is 0.341 e. The Hall–Kier alpha value is -2.79. The third-order valence-electron chi connectivity index (χ3n) is 6.64. The van der Waals surface area contributed by atoms with Gasteiger partial charge in [-0.05, 0) is 42.0 Å². The summed E-state index contributed by atoms with van der Waals surface area (Å²) in [7, 11) is 0. The van der Waals surface area contributed by atoms with E-state index in [4.69, 9.17) is 14.2 Å². The van der Waals surface area contributed by atoms with Crippen molar-refractivity contribution in [1.29, 1.82) is 0 Å². The third kappa shape index (κ3) is 3.27. The Morgan fingerprint density at radius 3 is 2.50 bits per heavy atom. The van der Waals surface area contributed by atoms with E-state index < -0.39 is 11.8 Å². The quantitative estimate of drug-likeness (QED) is 0.759. The number of carbonyl (C=O) groups excluding carboxylic acids is 1. The predicted molar refractivity (Wildman–Crippen MR) is 112 cm³/mol. The molecule has 0 bridgehead atoms. The molecule has 1 unspecified atom stereocenters. The lowest BCUT2D eigenvalue weighted by Crippen LogP contribution is -2.42. The van der Waals surface area contributed by atoms with Crippen molar-refractivity contribution in [1.82, 2.24) is 0 Å². The lowest BCUT2D eigenvalue weighted by Gasteiger charge is -2.37. The Balaban J connectivity index is 1.60. The number of hydrogen-bond acceptors (Lipinski definition) is 5. The van der Waals surface area contributed by atoms with Gasteiger partial charge in [0.15, 0.2) is 11.5 Å². The van der Waals surface area contributed by atoms with Crippen LogP contribution in [0.1, 0.15) is 43.7 Å². The summed E-state index contributed by atoms with van der Waals surface area (Å²) in [5.41, 5.74) is 2.82. The SMILES string of the molecule is CC1CCC(C2(O)OC(=O)C(c3ccc4c(c3)OCO4)=C2Cc2ccccc2)CC1. The first kappa shape index (κ1) is 19.2. The van der Waals surface area contributed by atoms with Crippen LogP contribution in [0, 0.1) is 11.8 Å². The fourth-order valence-electron chi connectivity index (χ4n) is 4.90. The highest BCUT2D eigenvalue weighted by molar-refractivity contribution is 6.20. The van der Waals surface area contributed by atoms with Crippen LogP contribution >= 0.6 is 0 Å². The van der Waals surface area contributed by atoms with Crippen molar-refractivity contribution >= 4 is 11.5 Å². The van der Waals surface area contributed by atoms with Crippen molar-refractivity contribution < 1.29 is 24.1 Å². The summed E-state index contributed by atoms with van der Waals surface area (Å²) >= 11 is 0. The second-order valence-corrected chi connectivity index (χ2v) is 8.63. The normalized spacial score (nSPS) is 28.0. The molecule has 0 spiro atoms. The topological polar surface area (TPSA) is 65.0 Å². The minimum absolute atomic E-state index is 0.0946. The molecular weight excluding hydrogens is 380 g/mol. The largest absolute Gasteiger partial charge is 0.454 e. The molecule has 2 heterocycles. The van der Waals surface area contributed by atoms with Crippen molar-refractivity contribution in [3.63, 3.8) is 0 Å². The van der Waals surface area contributed by atoms with Gasteiger partial charge in [0.05, 0.1) is 5.57 Å². The second kappa shape index (κ2) is 7.47. The van der Waals surface area contributed by atoms with E-state index in [2.05, 4.69) is 6.92 Å². The van der Waals surface area contributed by atoms with Crippen LogP contribution < -0.4 is 9.47 Å². The van der Waals surface area contributed by atoms with E-state index in [0.717, 1.165) is 31.2 Å². The van der Waals surface area contributed by atoms with Gasteiger partial charge in [0, 0.05) is 17.9 Å². The fourth-order valence-corrected chi connectivity index (χ4v) is 4.90. The van der Waals surface area contributed by atoms with Gasteiger partial charge in [-0.15, -0.1) is 0 Å². The molecule has 1 atom stereocenters. The average molecular weight is 406 g/mol. The predicted octanol–water partition coefficient (Wildman–Crippen LogP) is 4.48. The number of cyclic esters (lactones) is 1. The molecule has 1 fully saturated rings. The Labute approximate surface area is 176 Å². The Bertz CT molecular complexity index is 988. The highest BCUT2D eigenvalue weighted by Gasteiger charge is 2.52. The molecule has 156 valence electrons. The first-order chi connectivity index (χ1) is 14.5. The lowest BCUT2D eigenvalue weighted by molar-refractivity contribution is -0.205. The van der Waals surface area contributed by atoms with Crippen molar-refractivity contribution in [3.05, 3.63) is 65.2 Å². The molecule has 1 N–H and O–H groups in total. The molecule has 3 aliphatic rings. The van der Waals surface area contributed by atoms with Crippen LogP contribution in [-0.4, -0.2) is 23.7 Å². The number of aliphatic hydroxyl groups is 1. The van der Waals surface area contributed by atoms with E-state index >= 15 is 0 Å². The number of esters is 1. The minimum atomic E-state index is -1.57. The molecule has 2 aliphatic heterocycles. The lowest BCUT2D eigenvalue weighted by atomic mass is 9.75. The molecule has 2 aromatic carbocycles. The van der Waals surface area contributed by atoms with Crippen LogP contribution in [0.3, 0.4) is 0 Å². The van der Waals surface area contributed by atoms with Gasteiger partial charge in [-0.25, -0.2) is 4.79 Å². The van der Waals surface area contributed by atoms with Crippen LogP contribution in [-0.2, 0) is 16.0 Å².